The average molecular weight is 272 g/mol. The van der Waals surface area contributed by atoms with Gasteiger partial charge in [0, 0.05) is 3.57 Å². The zero-order chi connectivity index (χ0) is 8.55. The largest absolute Gasteiger partial charge is 0.0609 e. The van der Waals surface area contributed by atoms with Gasteiger partial charge < -0.3 is 0 Å². The van der Waals surface area contributed by atoms with E-state index in [1.807, 2.05) is 0 Å². The van der Waals surface area contributed by atoms with Gasteiger partial charge >= 0.3 is 0 Å². The Hall–Kier alpha value is -0.0500. The molecule has 0 heterocycles. The lowest BCUT2D eigenvalue weighted by Crippen LogP contribution is -2.08. The van der Waals surface area contributed by atoms with Gasteiger partial charge in [0.05, 0.1) is 0 Å². The average Bonchev–Trinajstić information content (AvgIpc) is 2.07. The summed E-state index contributed by atoms with van der Waals surface area (Å²) in [4.78, 5) is 0. The topological polar surface area (TPSA) is 0 Å². The molecule has 0 unspecified atom stereocenters. The molecule has 1 atom stereocenters. The van der Waals surface area contributed by atoms with E-state index in [-0.39, 0.29) is 0 Å². The zero-order valence-corrected chi connectivity index (χ0v) is 9.47. The number of hydrogen-bond donors (Lipinski definition) is 0. The van der Waals surface area contributed by atoms with Gasteiger partial charge in [0.25, 0.3) is 0 Å². The van der Waals surface area contributed by atoms with Crippen LogP contribution in [0.4, 0.5) is 0 Å². The standard InChI is InChI=1S/C11H13I/c1-8-4-2-6-10-9(8)5-3-7-11(10)12/h3,5,7-8H,2,4,6H2,1H3/t8-/m1/s1. The predicted molar refractivity (Wildman–Crippen MR) is 60.5 cm³/mol. The summed E-state index contributed by atoms with van der Waals surface area (Å²) >= 11 is 2.45. The molecule has 1 aliphatic rings. The third-order valence-electron chi connectivity index (χ3n) is 2.75. The third kappa shape index (κ3) is 1.39. The van der Waals surface area contributed by atoms with Crippen LogP contribution in [-0.2, 0) is 6.42 Å². The van der Waals surface area contributed by atoms with Gasteiger partial charge in [-0.25, -0.2) is 0 Å². The Morgan fingerprint density at radius 2 is 2.25 bits per heavy atom. The summed E-state index contributed by atoms with van der Waals surface area (Å²) in [7, 11) is 0. The number of benzene rings is 1. The van der Waals surface area contributed by atoms with E-state index < -0.39 is 0 Å². The van der Waals surface area contributed by atoms with Crippen molar-refractivity contribution in [2.45, 2.75) is 32.1 Å². The molecule has 0 fully saturated rings. The molecule has 12 heavy (non-hydrogen) atoms. The fraction of sp³-hybridized carbons (Fsp3) is 0.455. The molecule has 1 heteroatoms. The Morgan fingerprint density at radius 1 is 1.42 bits per heavy atom. The highest BCUT2D eigenvalue weighted by Crippen LogP contribution is 2.33. The molecule has 1 aromatic carbocycles. The summed E-state index contributed by atoms with van der Waals surface area (Å²) in [6, 6.07) is 6.70. The van der Waals surface area contributed by atoms with E-state index in [4.69, 9.17) is 0 Å². The maximum Gasteiger partial charge on any atom is 0.0165 e. The first kappa shape index (κ1) is 8.54. The first-order valence-corrected chi connectivity index (χ1v) is 5.64. The molecule has 0 aromatic heterocycles. The molecule has 64 valence electrons. The normalized spacial score (nSPS) is 22.0. The van der Waals surface area contributed by atoms with Crippen molar-refractivity contribution >= 4 is 22.6 Å². The highest BCUT2D eigenvalue weighted by Gasteiger charge is 2.17. The van der Waals surface area contributed by atoms with Crippen molar-refractivity contribution in [3.8, 4) is 0 Å². The molecule has 1 aromatic rings. The first-order chi connectivity index (χ1) is 5.79. The molecular formula is C11H13I. The smallest absolute Gasteiger partial charge is 0.0165 e. The predicted octanol–water partition coefficient (Wildman–Crippen LogP) is 3.73. The van der Waals surface area contributed by atoms with Crippen molar-refractivity contribution in [2.75, 3.05) is 0 Å². The number of rotatable bonds is 0. The van der Waals surface area contributed by atoms with Crippen LogP contribution < -0.4 is 0 Å². The molecule has 0 radical (unpaired) electrons. The van der Waals surface area contributed by atoms with E-state index in [1.165, 1.54) is 22.8 Å². The van der Waals surface area contributed by atoms with Crippen LogP contribution in [0, 0.1) is 3.57 Å². The molecule has 0 saturated carbocycles. The molecule has 0 spiro atoms. The Labute approximate surface area is 87.5 Å². The molecule has 0 aliphatic heterocycles. The summed E-state index contributed by atoms with van der Waals surface area (Å²) in [5.41, 5.74) is 3.20. The van der Waals surface area contributed by atoms with Crippen LogP contribution in [0.1, 0.15) is 36.8 Å². The maximum absolute atomic E-state index is 2.45. The Balaban J connectivity index is 2.52. The third-order valence-corrected chi connectivity index (χ3v) is 3.76. The lowest BCUT2D eigenvalue weighted by atomic mass is 9.84. The zero-order valence-electron chi connectivity index (χ0n) is 7.31. The monoisotopic (exact) mass is 272 g/mol. The van der Waals surface area contributed by atoms with Gasteiger partial charge in [-0.1, -0.05) is 19.1 Å². The highest BCUT2D eigenvalue weighted by atomic mass is 127. The van der Waals surface area contributed by atoms with Crippen LogP contribution in [0.3, 0.4) is 0 Å². The van der Waals surface area contributed by atoms with Crippen LogP contribution in [0.5, 0.6) is 0 Å². The number of fused-ring (bicyclic) bond motifs is 1. The van der Waals surface area contributed by atoms with Crippen molar-refractivity contribution in [3.05, 3.63) is 32.9 Å². The van der Waals surface area contributed by atoms with Crippen LogP contribution in [0.25, 0.3) is 0 Å². The van der Waals surface area contributed by atoms with Gasteiger partial charge in [0.2, 0.25) is 0 Å². The second-order valence-corrected chi connectivity index (χ2v) is 4.76. The lowest BCUT2D eigenvalue weighted by Gasteiger charge is -2.22. The number of halogens is 1. The van der Waals surface area contributed by atoms with E-state index in [1.54, 1.807) is 11.1 Å². The highest BCUT2D eigenvalue weighted by molar-refractivity contribution is 14.1. The molecule has 0 amide bonds. The van der Waals surface area contributed by atoms with Gasteiger partial charge in [-0.3, -0.25) is 0 Å². The van der Waals surface area contributed by atoms with Gasteiger partial charge in [-0.05, 0) is 65.0 Å². The molecule has 1 aliphatic carbocycles. The fourth-order valence-corrected chi connectivity index (χ4v) is 2.83. The minimum absolute atomic E-state index is 0.781. The van der Waals surface area contributed by atoms with Crippen molar-refractivity contribution < 1.29 is 0 Å². The summed E-state index contributed by atoms with van der Waals surface area (Å²) in [6.07, 6.45) is 4.03. The Kier molecular flexibility index (Phi) is 2.40. The van der Waals surface area contributed by atoms with Gasteiger partial charge in [-0.2, -0.15) is 0 Å². The van der Waals surface area contributed by atoms with E-state index >= 15 is 0 Å². The quantitative estimate of drug-likeness (QED) is 0.631. The lowest BCUT2D eigenvalue weighted by molar-refractivity contribution is 0.588. The molecular weight excluding hydrogens is 259 g/mol. The minimum Gasteiger partial charge on any atom is -0.0609 e. The molecule has 0 bridgehead atoms. The summed E-state index contributed by atoms with van der Waals surface area (Å²) in [5.74, 6) is 0.781. The van der Waals surface area contributed by atoms with Crippen LogP contribution in [0.2, 0.25) is 0 Å². The Morgan fingerprint density at radius 3 is 3.00 bits per heavy atom. The van der Waals surface area contributed by atoms with Crippen molar-refractivity contribution in [1.82, 2.24) is 0 Å². The fourth-order valence-electron chi connectivity index (χ4n) is 2.04. The van der Waals surface area contributed by atoms with Crippen molar-refractivity contribution in [2.24, 2.45) is 0 Å². The van der Waals surface area contributed by atoms with E-state index in [9.17, 15) is 0 Å². The van der Waals surface area contributed by atoms with Crippen LogP contribution in [-0.4, -0.2) is 0 Å². The number of hydrogen-bond acceptors (Lipinski definition) is 0. The second kappa shape index (κ2) is 3.36. The van der Waals surface area contributed by atoms with Gasteiger partial charge in [-0.15, -0.1) is 0 Å². The van der Waals surface area contributed by atoms with Crippen molar-refractivity contribution in [3.63, 3.8) is 0 Å². The maximum atomic E-state index is 2.45. The summed E-state index contributed by atoms with van der Waals surface area (Å²) < 4.78 is 1.46. The SMILES string of the molecule is C[C@@H]1CCCc2c(I)cccc21. The first-order valence-electron chi connectivity index (χ1n) is 4.56. The summed E-state index contributed by atoms with van der Waals surface area (Å²) in [6.45, 7) is 2.34. The van der Waals surface area contributed by atoms with E-state index in [0.717, 1.165) is 5.92 Å². The molecule has 0 saturated heterocycles. The van der Waals surface area contributed by atoms with Crippen molar-refractivity contribution in [1.29, 1.82) is 0 Å². The second-order valence-electron chi connectivity index (χ2n) is 3.60. The summed E-state index contributed by atoms with van der Waals surface area (Å²) in [5, 5.41) is 0. The van der Waals surface area contributed by atoms with Crippen LogP contribution >= 0.6 is 22.6 Å². The molecule has 0 N–H and O–H groups in total. The molecule has 0 nitrogen and oxygen atoms in total. The van der Waals surface area contributed by atoms with E-state index in [0.29, 0.717) is 0 Å². The Bertz CT molecular complexity index is 291. The van der Waals surface area contributed by atoms with E-state index in [2.05, 4.69) is 47.7 Å². The van der Waals surface area contributed by atoms with Crippen LogP contribution in [0.15, 0.2) is 18.2 Å². The van der Waals surface area contributed by atoms with Gasteiger partial charge in [0.15, 0.2) is 0 Å². The van der Waals surface area contributed by atoms with Gasteiger partial charge in [0.1, 0.15) is 0 Å². The minimum atomic E-state index is 0.781. The molecule has 2 rings (SSSR count).